The summed E-state index contributed by atoms with van der Waals surface area (Å²) < 4.78 is 21.1. The van der Waals surface area contributed by atoms with E-state index < -0.39 is 36.6 Å². The first-order chi connectivity index (χ1) is 23.3. The van der Waals surface area contributed by atoms with E-state index in [4.69, 9.17) is 18.9 Å². The normalized spacial score (nSPS) is 18.8. The van der Waals surface area contributed by atoms with Crippen LogP contribution in [0.4, 0.5) is 9.59 Å². The number of carbonyl (C=O) groups excluding carboxylic acids is 4. The van der Waals surface area contributed by atoms with E-state index in [9.17, 15) is 19.2 Å². The Labute approximate surface area is 275 Å². The predicted molar refractivity (Wildman–Crippen MR) is 175 cm³/mol. The zero-order chi connectivity index (χ0) is 33.6. The van der Waals surface area contributed by atoms with Crippen LogP contribution in [0.15, 0.2) is 60.9 Å². The summed E-state index contributed by atoms with van der Waals surface area (Å²) in [7, 11) is 3.37. The van der Waals surface area contributed by atoms with Gasteiger partial charge in [0.25, 0.3) is 0 Å². The maximum absolute atomic E-state index is 12.7. The smallest absolute Gasteiger partial charge is 0.407 e. The van der Waals surface area contributed by atoms with Gasteiger partial charge >= 0.3 is 24.1 Å². The number of hydrogen-bond acceptors (Lipinski definition) is 10. The van der Waals surface area contributed by atoms with Crippen molar-refractivity contribution in [1.82, 2.24) is 31.2 Å². The number of aromatic amines is 2. The van der Waals surface area contributed by atoms with Crippen LogP contribution in [0.2, 0.25) is 0 Å². The van der Waals surface area contributed by atoms with Crippen molar-refractivity contribution in [3.05, 3.63) is 83.2 Å². The van der Waals surface area contributed by atoms with E-state index in [1.165, 1.54) is 0 Å². The molecule has 48 heavy (non-hydrogen) atoms. The highest BCUT2D eigenvalue weighted by Crippen LogP contribution is 2.24. The highest BCUT2D eigenvalue weighted by molar-refractivity contribution is 5.92. The van der Waals surface area contributed by atoms with Gasteiger partial charge in [0.2, 0.25) is 0 Å². The molecule has 2 aromatic carbocycles. The van der Waals surface area contributed by atoms with Gasteiger partial charge in [0.15, 0.2) is 12.5 Å². The Bertz CT molecular complexity index is 1720. The van der Waals surface area contributed by atoms with E-state index in [-0.39, 0.29) is 12.1 Å². The highest BCUT2D eigenvalue weighted by atomic mass is 16.6. The molecule has 252 valence electrons. The second-order valence-electron chi connectivity index (χ2n) is 11.8. The van der Waals surface area contributed by atoms with E-state index in [1.54, 1.807) is 14.1 Å². The number of hydrogen-bond donors (Lipinski definition) is 6. The first-order valence-corrected chi connectivity index (χ1v) is 15.7. The second-order valence-corrected chi connectivity index (χ2v) is 11.8. The van der Waals surface area contributed by atoms with Crippen molar-refractivity contribution < 1.29 is 38.1 Å². The Kier molecular flexibility index (Phi) is 9.92. The molecule has 14 heteroatoms. The van der Waals surface area contributed by atoms with Crippen LogP contribution < -0.4 is 21.3 Å². The summed E-state index contributed by atoms with van der Waals surface area (Å²) in [6.45, 7) is 0.661. The summed E-state index contributed by atoms with van der Waals surface area (Å²) in [5.41, 5.74) is 5.83. The van der Waals surface area contributed by atoms with Gasteiger partial charge in [-0.05, 0) is 73.5 Å². The van der Waals surface area contributed by atoms with Gasteiger partial charge in [-0.25, -0.2) is 19.2 Å². The van der Waals surface area contributed by atoms with Gasteiger partial charge in [0, 0.05) is 59.2 Å². The van der Waals surface area contributed by atoms with Crippen LogP contribution >= 0.6 is 0 Å². The molecule has 2 aromatic heterocycles. The number of esters is 2. The molecule has 0 aliphatic carbocycles. The number of aromatic nitrogens is 2. The lowest BCUT2D eigenvalue weighted by Crippen LogP contribution is -2.33. The minimum Gasteiger partial charge on any atom is -0.447 e. The number of nitrogens with one attached hydrogen (secondary N) is 6. The van der Waals surface area contributed by atoms with Crippen LogP contribution in [0.3, 0.4) is 0 Å². The van der Waals surface area contributed by atoms with Gasteiger partial charge in [0.1, 0.15) is 13.2 Å². The van der Waals surface area contributed by atoms with Crippen LogP contribution in [0.25, 0.3) is 21.8 Å². The fourth-order valence-corrected chi connectivity index (χ4v) is 5.98. The molecule has 2 saturated heterocycles. The molecule has 4 aromatic rings. The van der Waals surface area contributed by atoms with E-state index >= 15 is 0 Å². The Morgan fingerprint density at radius 2 is 1.21 bits per heavy atom. The molecule has 2 amide bonds. The summed E-state index contributed by atoms with van der Waals surface area (Å²) >= 11 is 0. The lowest BCUT2D eigenvalue weighted by Gasteiger charge is -2.17. The van der Waals surface area contributed by atoms with Gasteiger partial charge in [-0.15, -0.1) is 0 Å². The van der Waals surface area contributed by atoms with Crippen molar-refractivity contribution in [2.24, 2.45) is 0 Å². The number of fused-ring (bicyclic) bond motifs is 2. The SMILES string of the molecule is CN[C@H](Cc1c[nH]c2ccc(CC3COC(=O)N3)cc12)OC(=O)/C=C\C(=O)O[C@@H](Cc1c[nH]c2ccc(CC3COC(=O)N3)cc12)NC. The molecule has 2 unspecified atom stereocenters. The monoisotopic (exact) mass is 658 g/mol. The zero-order valence-corrected chi connectivity index (χ0v) is 26.6. The van der Waals surface area contributed by atoms with Crippen molar-refractivity contribution in [3.63, 3.8) is 0 Å². The standard InChI is InChI=1S/C34H38N6O8/c1-35-29(13-21-15-37-27-5-3-19(11-25(21)27)9-23-17-45-33(43)39-23)47-31(41)7-8-32(42)48-30(36-2)14-22-16-38-28-6-4-20(12-26(22)28)10-24-18-46-34(44)40-24/h3-8,11-12,15-16,23-24,29-30,35-38H,9-10,13-14,17-18H2,1-2H3,(H,39,43)(H,40,44)/b8-7-/t23?,24?,29-,30-/m0/s1. The largest absolute Gasteiger partial charge is 0.447 e. The second kappa shape index (κ2) is 14.6. The van der Waals surface area contributed by atoms with Gasteiger partial charge < -0.3 is 39.5 Å². The molecule has 4 heterocycles. The van der Waals surface area contributed by atoms with Gasteiger partial charge in [-0.3, -0.25) is 10.6 Å². The lowest BCUT2D eigenvalue weighted by atomic mass is 10.0. The molecule has 6 rings (SSSR count). The fraction of sp³-hybridized carbons (Fsp3) is 0.353. The van der Waals surface area contributed by atoms with E-state index in [1.807, 2.05) is 36.7 Å². The topological polar surface area (TPSA) is 185 Å². The molecule has 0 bridgehead atoms. The van der Waals surface area contributed by atoms with Crippen molar-refractivity contribution in [1.29, 1.82) is 0 Å². The maximum Gasteiger partial charge on any atom is 0.407 e. The van der Waals surface area contributed by atoms with Crippen LogP contribution in [-0.2, 0) is 54.2 Å². The molecule has 2 fully saturated rings. The number of rotatable bonds is 14. The minimum absolute atomic E-state index is 0.0815. The molecule has 0 radical (unpaired) electrons. The van der Waals surface area contributed by atoms with Crippen molar-refractivity contribution >= 4 is 45.9 Å². The summed E-state index contributed by atoms with van der Waals surface area (Å²) in [6, 6.07) is 11.9. The minimum atomic E-state index is -0.696. The first-order valence-electron chi connectivity index (χ1n) is 15.7. The van der Waals surface area contributed by atoms with Crippen molar-refractivity contribution in [2.45, 2.75) is 50.2 Å². The van der Waals surface area contributed by atoms with Crippen LogP contribution in [0.1, 0.15) is 22.3 Å². The van der Waals surface area contributed by atoms with E-state index in [0.717, 1.165) is 56.2 Å². The van der Waals surface area contributed by atoms with E-state index in [2.05, 4.69) is 43.4 Å². The molecule has 2 aliphatic heterocycles. The third-order valence-electron chi connectivity index (χ3n) is 8.43. The van der Waals surface area contributed by atoms with Gasteiger partial charge in [-0.2, -0.15) is 0 Å². The molecule has 2 aliphatic rings. The average Bonchev–Trinajstić information content (AvgIpc) is 3.88. The molecule has 0 saturated carbocycles. The number of carbonyl (C=O) groups is 4. The molecular formula is C34H38N6O8. The fourth-order valence-electron chi connectivity index (χ4n) is 5.98. The number of H-pyrrole nitrogens is 2. The lowest BCUT2D eigenvalue weighted by molar-refractivity contribution is -0.147. The number of amides is 2. The Morgan fingerprint density at radius 1 is 0.771 bits per heavy atom. The summed E-state index contributed by atoms with van der Waals surface area (Å²) in [5, 5.41) is 13.5. The molecular weight excluding hydrogens is 620 g/mol. The zero-order valence-electron chi connectivity index (χ0n) is 26.6. The third-order valence-corrected chi connectivity index (χ3v) is 8.43. The summed E-state index contributed by atoms with van der Waals surface area (Å²) in [5.74, 6) is -1.39. The predicted octanol–water partition coefficient (Wildman–Crippen LogP) is 2.47. The number of alkyl carbamates (subject to hydrolysis) is 2. The quantitative estimate of drug-likeness (QED) is 0.0509. The Hall–Kier alpha value is -5.34. The Morgan fingerprint density at radius 3 is 1.58 bits per heavy atom. The summed E-state index contributed by atoms with van der Waals surface area (Å²) in [4.78, 5) is 54.5. The van der Waals surface area contributed by atoms with Crippen molar-refractivity contribution in [3.8, 4) is 0 Å². The average molecular weight is 659 g/mol. The van der Waals surface area contributed by atoms with Crippen LogP contribution in [0.5, 0.6) is 0 Å². The third kappa shape index (κ3) is 7.96. The van der Waals surface area contributed by atoms with E-state index in [0.29, 0.717) is 38.9 Å². The first kappa shape index (κ1) is 32.6. The number of cyclic esters (lactones) is 2. The Balaban J connectivity index is 1.02. The molecule has 4 atom stereocenters. The van der Waals surface area contributed by atoms with Crippen LogP contribution in [-0.4, -0.2) is 85.9 Å². The van der Waals surface area contributed by atoms with Gasteiger partial charge in [-0.1, -0.05) is 12.1 Å². The maximum atomic E-state index is 12.7. The molecule has 6 N–H and O–H groups in total. The number of likely N-dealkylation sites (N-methyl/N-ethyl adjacent to an activating group) is 2. The summed E-state index contributed by atoms with van der Waals surface area (Å²) in [6.07, 6.45) is 5.74. The molecule has 14 nitrogen and oxygen atoms in total. The number of benzene rings is 2. The highest BCUT2D eigenvalue weighted by Gasteiger charge is 2.24. The number of ether oxygens (including phenoxy) is 4. The van der Waals surface area contributed by atoms with Crippen molar-refractivity contribution in [2.75, 3.05) is 27.3 Å². The van der Waals surface area contributed by atoms with Crippen LogP contribution in [0, 0.1) is 0 Å². The van der Waals surface area contributed by atoms with Gasteiger partial charge in [0.05, 0.1) is 12.1 Å². The molecule has 0 spiro atoms.